The van der Waals surface area contributed by atoms with E-state index in [1.54, 1.807) is 11.3 Å². The smallest absolute Gasteiger partial charge is 0.315 e. The third-order valence-electron chi connectivity index (χ3n) is 3.96. The Bertz CT molecular complexity index is 475. The van der Waals surface area contributed by atoms with Crippen LogP contribution < -0.4 is 10.6 Å². The maximum atomic E-state index is 12.1. The number of hydrogen-bond acceptors (Lipinski definition) is 3. The van der Waals surface area contributed by atoms with Gasteiger partial charge in [-0.3, -0.25) is 4.79 Å². The highest BCUT2D eigenvalue weighted by Gasteiger charge is 2.28. The standard InChI is InChI=1S/C15H22N2O3S/c1-2-12(13-7-4-8-21-13)17-15(20)16-11-6-3-5-10(9-11)14(18)19/h4,7-8,10-12H,2-3,5-6,9H2,1H3,(H,18,19)(H2,16,17,20). The summed E-state index contributed by atoms with van der Waals surface area (Å²) in [6.45, 7) is 2.03. The molecule has 6 heteroatoms. The van der Waals surface area contributed by atoms with Crippen LogP contribution in [0.15, 0.2) is 17.5 Å². The van der Waals surface area contributed by atoms with E-state index in [9.17, 15) is 9.59 Å². The Kier molecular flexibility index (Phi) is 5.61. The maximum absolute atomic E-state index is 12.1. The van der Waals surface area contributed by atoms with Crippen LogP contribution in [0, 0.1) is 5.92 Å². The zero-order valence-corrected chi connectivity index (χ0v) is 13.0. The average Bonchev–Trinajstić information content (AvgIpc) is 2.99. The normalized spacial score (nSPS) is 23.3. The highest BCUT2D eigenvalue weighted by molar-refractivity contribution is 7.10. The van der Waals surface area contributed by atoms with E-state index >= 15 is 0 Å². The summed E-state index contributed by atoms with van der Waals surface area (Å²) < 4.78 is 0. The summed E-state index contributed by atoms with van der Waals surface area (Å²) in [5, 5.41) is 17.0. The number of thiophene rings is 1. The van der Waals surface area contributed by atoms with Gasteiger partial charge in [0.1, 0.15) is 0 Å². The molecular weight excluding hydrogens is 288 g/mol. The second kappa shape index (κ2) is 7.45. The SMILES string of the molecule is CCC(NC(=O)NC1CCCC(C(=O)O)C1)c1cccs1. The molecule has 1 aromatic heterocycles. The minimum atomic E-state index is -0.757. The molecule has 2 rings (SSSR count). The zero-order valence-electron chi connectivity index (χ0n) is 12.2. The fourth-order valence-electron chi connectivity index (χ4n) is 2.79. The van der Waals surface area contributed by atoms with Crippen molar-refractivity contribution in [1.82, 2.24) is 10.6 Å². The topological polar surface area (TPSA) is 78.4 Å². The number of carbonyl (C=O) groups is 2. The zero-order chi connectivity index (χ0) is 15.2. The maximum Gasteiger partial charge on any atom is 0.315 e. The highest BCUT2D eigenvalue weighted by Crippen LogP contribution is 2.25. The summed E-state index contributed by atoms with van der Waals surface area (Å²) in [5.41, 5.74) is 0. The molecule has 1 aliphatic rings. The molecule has 1 aromatic rings. The number of rotatable bonds is 5. The van der Waals surface area contributed by atoms with Gasteiger partial charge in [0.05, 0.1) is 12.0 Å². The lowest BCUT2D eigenvalue weighted by atomic mass is 9.86. The van der Waals surface area contributed by atoms with Crippen molar-refractivity contribution in [3.63, 3.8) is 0 Å². The van der Waals surface area contributed by atoms with Gasteiger partial charge >= 0.3 is 12.0 Å². The molecule has 0 bridgehead atoms. The van der Waals surface area contributed by atoms with E-state index in [0.717, 1.165) is 24.1 Å². The summed E-state index contributed by atoms with van der Waals surface area (Å²) in [7, 11) is 0. The van der Waals surface area contributed by atoms with Crippen LogP contribution in [0.5, 0.6) is 0 Å². The summed E-state index contributed by atoms with van der Waals surface area (Å²) in [5.74, 6) is -1.09. The van der Waals surface area contributed by atoms with Gasteiger partial charge in [-0.05, 0) is 37.1 Å². The van der Waals surface area contributed by atoms with Gasteiger partial charge in [-0.15, -0.1) is 11.3 Å². The molecule has 0 radical (unpaired) electrons. The van der Waals surface area contributed by atoms with E-state index in [1.807, 2.05) is 24.4 Å². The summed E-state index contributed by atoms with van der Waals surface area (Å²) in [6.07, 6.45) is 3.77. The Balaban J connectivity index is 1.85. The lowest BCUT2D eigenvalue weighted by molar-refractivity contribution is -0.143. The first kappa shape index (κ1) is 15.8. The fourth-order valence-corrected chi connectivity index (χ4v) is 3.66. The van der Waals surface area contributed by atoms with Gasteiger partial charge in [0.15, 0.2) is 0 Å². The van der Waals surface area contributed by atoms with Gasteiger partial charge in [-0.2, -0.15) is 0 Å². The third-order valence-corrected chi connectivity index (χ3v) is 4.94. The van der Waals surface area contributed by atoms with Crippen LogP contribution in [-0.2, 0) is 4.79 Å². The Morgan fingerprint density at radius 2 is 2.29 bits per heavy atom. The van der Waals surface area contributed by atoms with Crippen LogP contribution in [-0.4, -0.2) is 23.1 Å². The van der Waals surface area contributed by atoms with Crippen molar-refractivity contribution in [2.75, 3.05) is 0 Å². The second-order valence-corrected chi connectivity index (χ2v) is 6.47. The lowest BCUT2D eigenvalue weighted by Gasteiger charge is -2.28. The molecule has 0 aromatic carbocycles. The molecule has 5 nitrogen and oxygen atoms in total. The van der Waals surface area contributed by atoms with Crippen molar-refractivity contribution in [3.8, 4) is 0 Å². The second-order valence-electron chi connectivity index (χ2n) is 5.49. The molecule has 1 saturated carbocycles. The largest absolute Gasteiger partial charge is 0.481 e. The molecule has 116 valence electrons. The molecule has 3 atom stereocenters. The van der Waals surface area contributed by atoms with Crippen LogP contribution in [0.3, 0.4) is 0 Å². The number of urea groups is 1. The van der Waals surface area contributed by atoms with Crippen LogP contribution in [0.2, 0.25) is 0 Å². The summed E-state index contributed by atoms with van der Waals surface area (Å²) >= 11 is 1.63. The first-order valence-corrected chi connectivity index (χ1v) is 8.31. The number of aliphatic carboxylic acids is 1. The van der Waals surface area contributed by atoms with E-state index in [-0.39, 0.29) is 24.0 Å². The monoisotopic (exact) mass is 310 g/mol. The number of carboxylic acids is 1. The molecule has 3 N–H and O–H groups in total. The van der Waals surface area contributed by atoms with E-state index in [4.69, 9.17) is 5.11 Å². The Labute approximate surface area is 128 Å². The van der Waals surface area contributed by atoms with Gasteiger partial charge in [0.25, 0.3) is 0 Å². The minimum absolute atomic E-state index is 0.0175. The van der Waals surface area contributed by atoms with Crippen molar-refractivity contribution in [3.05, 3.63) is 22.4 Å². The predicted molar refractivity (Wildman–Crippen MR) is 82.4 cm³/mol. The number of amides is 2. The molecule has 1 aliphatic carbocycles. The van der Waals surface area contributed by atoms with Crippen molar-refractivity contribution in [2.24, 2.45) is 5.92 Å². The van der Waals surface area contributed by atoms with Crippen LogP contribution in [0.4, 0.5) is 4.79 Å². The van der Waals surface area contributed by atoms with E-state index in [0.29, 0.717) is 12.8 Å². The summed E-state index contributed by atoms with van der Waals surface area (Å²) in [4.78, 5) is 24.3. The van der Waals surface area contributed by atoms with E-state index in [1.165, 1.54) is 0 Å². The van der Waals surface area contributed by atoms with Crippen molar-refractivity contribution >= 4 is 23.3 Å². The van der Waals surface area contributed by atoms with E-state index < -0.39 is 5.97 Å². The van der Waals surface area contributed by atoms with Crippen LogP contribution >= 0.6 is 11.3 Å². The van der Waals surface area contributed by atoms with Crippen LogP contribution in [0.1, 0.15) is 49.9 Å². The number of hydrogen-bond donors (Lipinski definition) is 3. The van der Waals surface area contributed by atoms with Crippen molar-refractivity contribution < 1.29 is 14.7 Å². The molecule has 2 amide bonds. The van der Waals surface area contributed by atoms with Gasteiger partial charge < -0.3 is 15.7 Å². The molecule has 1 fully saturated rings. The lowest BCUT2D eigenvalue weighted by Crippen LogP contribution is -2.45. The minimum Gasteiger partial charge on any atom is -0.481 e. The first-order valence-electron chi connectivity index (χ1n) is 7.43. The van der Waals surface area contributed by atoms with Crippen LogP contribution in [0.25, 0.3) is 0 Å². The fraction of sp³-hybridized carbons (Fsp3) is 0.600. The third kappa shape index (κ3) is 4.46. The number of carboxylic acid groups (broad SMARTS) is 1. The predicted octanol–water partition coefficient (Wildman–Crippen LogP) is 3.14. The van der Waals surface area contributed by atoms with Crippen molar-refractivity contribution in [2.45, 2.75) is 51.1 Å². The molecular formula is C15H22N2O3S. The van der Waals surface area contributed by atoms with Gasteiger partial charge in [0, 0.05) is 10.9 Å². The Morgan fingerprint density at radius 1 is 1.48 bits per heavy atom. The Hall–Kier alpha value is -1.56. The van der Waals surface area contributed by atoms with E-state index in [2.05, 4.69) is 10.6 Å². The highest BCUT2D eigenvalue weighted by atomic mass is 32.1. The van der Waals surface area contributed by atoms with Crippen molar-refractivity contribution in [1.29, 1.82) is 0 Å². The van der Waals surface area contributed by atoms with Gasteiger partial charge in [-0.1, -0.05) is 19.4 Å². The molecule has 3 unspecified atom stereocenters. The molecule has 0 aliphatic heterocycles. The number of carbonyl (C=O) groups excluding carboxylic acids is 1. The first-order chi connectivity index (χ1) is 10.1. The molecule has 0 spiro atoms. The summed E-state index contributed by atoms with van der Waals surface area (Å²) in [6, 6.07) is 3.76. The van der Waals surface area contributed by atoms with Gasteiger partial charge in [0.2, 0.25) is 0 Å². The average molecular weight is 310 g/mol. The number of nitrogens with one attached hydrogen (secondary N) is 2. The molecule has 1 heterocycles. The quantitative estimate of drug-likeness (QED) is 0.781. The molecule has 21 heavy (non-hydrogen) atoms. The Morgan fingerprint density at radius 3 is 2.90 bits per heavy atom. The van der Waals surface area contributed by atoms with Gasteiger partial charge in [-0.25, -0.2) is 4.79 Å². The molecule has 0 saturated heterocycles.